The predicted molar refractivity (Wildman–Crippen MR) is 62.7 cm³/mol. The number of benzene rings is 1. The van der Waals surface area contributed by atoms with Crippen molar-refractivity contribution in [2.45, 2.75) is 44.7 Å². The highest BCUT2D eigenvalue weighted by atomic mass is 16.5. The van der Waals surface area contributed by atoms with E-state index in [4.69, 9.17) is 4.74 Å². The van der Waals surface area contributed by atoms with Crippen LogP contribution < -0.4 is 4.74 Å². The summed E-state index contributed by atoms with van der Waals surface area (Å²) < 4.78 is 5.65. The molecular formula is C13H18O4. The van der Waals surface area contributed by atoms with Crippen molar-refractivity contribution in [2.24, 2.45) is 0 Å². The Kier molecular flexibility index (Phi) is 2.89. The highest BCUT2D eigenvalue weighted by Crippen LogP contribution is 2.40. The van der Waals surface area contributed by atoms with Crippen LogP contribution in [0.25, 0.3) is 0 Å². The van der Waals surface area contributed by atoms with E-state index in [0.29, 0.717) is 16.9 Å². The van der Waals surface area contributed by atoms with Crippen LogP contribution in [0.1, 0.15) is 44.1 Å². The standard InChI is InChI=1S/C13H18O4/c1-7(14)8-4-5-10-9(6-8)11(15)12(16)13(2,3)17-10/h4-7,11-12,14-16H,1-3H3/t7?,11-,12+/m0/s1. The van der Waals surface area contributed by atoms with Gasteiger partial charge in [0.1, 0.15) is 23.6 Å². The van der Waals surface area contributed by atoms with Crippen molar-refractivity contribution in [2.75, 3.05) is 0 Å². The molecule has 0 saturated carbocycles. The molecule has 1 heterocycles. The minimum atomic E-state index is -0.993. The molecule has 0 spiro atoms. The van der Waals surface area contributed by atoms with E-state index >= 15 is 0 Å². The minimum absolute atomic E-state index is 0.523. The molecule has 0 bridgehead atoms. The third kappa shape index (κ3) is 2.04. The van der Waals surface area contributed by atoms with Crippen molar-refractivity contribution in [1.82, 2.24) is 0 Å². The molecule has 1 unspecified atom stereocenters. The normalized spacial score (nSPS) is 28.1. The molecule has 0 aliphatic carbocycles. The van der Waals surface area contributed by atoms with Gasteiger partial charge in [0.25, 0.3) is 0 Å². The van der Waals surface area contributed by atoms with E-state index in [1.165, 1.54) is 0 Å². The fourth-order valence-corrected chi connectivity index (χ4v) is 2.04. The van der Waals surface area contributed by atoms with Gasteiger partial charge >= 0.3 is 0 Å². The lowest BCUT2D eigenvalue weighted by atomic mass is 9.87. The highest BCUT2D eigenvalue weighted by molar-refractivity contribution is 5.42. The summed E-state index contributed by atoms with van der Waals surface area (Å²) >= 11 is 0. The van der Waals surface area contributed by atoms with Gasteiger partial charge in [0.15, 0.2) is 0 Å². The number of aliphatic hydroxyl groups excluding tert-OH is 3. The third-order valence-corrected chi connectivity index (χ3v) is 3.22. The quantitative estimate of drug-likeness (QED) is 0.690. The lowest BCUT2D eigenvalue weighted by Crippen LogP contribution is -2.48. The second-order valence-corrected chi connectivity index (χ2v) is 5.07. The van der Waals surface area contributed by atoms with Gasteiger partial charge in [0.05, 0.1) is 6.10 Å². The Bertz CT molecular complexity index is 425. The number of aliphatic hydroxyl groups is 3. The summed E-state index contributed by atoms with van der Waals surface area (Å²) in [5, 5.41) is 29.5. The van der Waals surface area contributed by atoms with E-state index in [1.54, 1.807) is 39.0 Å². The van der Waals surface area contributed by atoms with Gasteiger partial charge in [0, 0.05) is 5.56 Å². The Morgan fingerprint density at radius 2 is 1.94 bits per heavy atom. The molecule has 94 valence electrons. The zero-order chi connectivity index (χ0) is 12.8. The summed E-state index contributed by atoms with van der Waals surface area (Å²) in [4.78, 5) is 0. The van der Waals surface area contributed by atoms with Gasteiger partial charge in [-0.05, 0) is 38.5 Å². The van der Waals surface area contributed by atoms with Gasteiger partial charge in [-0.3, -0.25) is 0 Å². The molecule has 3 N–H and O–H groups in total. The van der Waals surface area contributed by atoms with Gasteiger partial charge in [-0.1, -0.05) is 6.07 Å². The Labute approximate surface area is 100 Å². The smallest absolute Gasteiger partial charge is 0.132 e. The number of rotatable bonds is 1. The summed E-state index contributed by atoms with van der Waals surface area (Å²) in [6.07, 6.45) is -2.59. The Morgan fingerprint density at radius 3 is 2.53 bits per heavy atom. The van der Waals surface area contributed by atoms with E-state index in [2.05, 4.69) is 0 Å². The summed E-state index contributed by atoms with van der Waals surface area (Å²) in [5.41, 5.74) is 0.396. The SMILES string of the molecule is CC(O)c1ccc2c(c1)[C@H](O)[C@@H](O)C(C)(C)O2. The van der Waals surface area contributed by atoms with E-state index in [-0.39, 0.29) is 0 Å². The summed E-state index contributed by atoms with van der Waals surface area (Å²) in [6, 6.07) is 5.14. The number of ether oxygens (including phenoxy) is 1. The molecule has 0 fully saturated rings. The molecule has 1 aliphatic rings. The predicted octanol–water partition coefficient (Wildman–Crippen LogP) is 1.31. The molecule has 1 aromatic rings. The van der Waals surface area contributed by atoms with Crippen LogP contribution in [0.3, 0.4) is 0 Å². The Morgan fingerprint density at radius 1 is 1.29 bits per heavy atom. The maximum absolute atomic E-state index is 10.1. The Hall–Kier alpha value is -1.10. The average molecular weight is 238 g/mol. The molecule has 4 heteroatoms. The lowest BCUT2D eigenvalue weighted by molar-refractivity contribution is -0.111. The van der Waals surface area contributed by atoms with Gasteiger partial charge in [-0.15, -0.1) is 0 Å². The van der Waals surface area contributed by atoms with Crippen LogP contribution in [0.15, 0.2) is 18.2 Å². The van der Waals surface area contributed by atoms with E-state index in [9.17, 15) is 15.3 Å². The van der Waals surface area contributed by atoms with Crippen LogP contribution in [-0.4, -0.2) is 27.0 Å². The summed E-state index contributed by atoms with van der Waals surface area (Å²) in [6.45, 7) is 5.11. The van der Waals surface area contributed by atoms with Gasteiger partial charge in [-0.2, -0.15) is 0 Å². The molecule has 0 aromatic heterocycles. The highest BCUT2D eigenvalue weighted by Gasteiger charge is 2.42. The topological polar surface area (TPSA) is 69.9 Å². The largest absolute Gasteiger partial charge is 0.485 e. The number of fused-ring (bicyclic) bond motifs is 1. The molecule has 1 aromatic carbocycles. The van der Waals surface area contributed by atoms with Crippen molar-refractivity contribution in [3.05, 3.63) is 29.3 Å². The van der Waals surface area contributed by atoms with Crippen molar-refractivity contribution >= 4 is 0 Å². The van der Waals surface area contributed by atoms with Crippen LogP contribution in [0, 0.1) is 0 Å². The molecular weight excluding hydrogens is 220 g/mol. The van der Waals surface area contributed by atoms with Crippen LogP contribution >= 0.6 is 0 Å². The van der Waals surface area contributed by atoms with Gasteiger partial charge in [0.2, 0.25) is 0 Å². The van der Waals surface area contributed by atoms with E-state index in [0.717, 1.165) is 0 Å². The van der Waals surface area contributed by atoms with Gasteiger partial charge in [-0.25, -0.2) is 0 Å². The Balaban J connectivity index is 2.47. The number of hydrogen-bond acceptors (Lipinski definition) is 4. The van der Waals surface area contributed by atoms with Crippen molar-refractivity contribution in [3.63, 3.8) is 0 Å². The fourth-order valence-electron chi connectivity index (χ4n) is 2.04. The summed E-state index contributed by atoms with van der Waals surface area (Å²) in [5.74, 6) is 0.553. The zero-order valence-corrected chi connectivity index (χ0v) is 10.2. The molecule has 0 amide bonds. The van der Waals surface area contributed by atoms with Crippen LogP contribution in [-0.2, 0) is 0 Å². The molecule has 1 aliphatic heterocycles. The molecule has 0 saturated heterocycles. The van der Waals surface area contributed by atoms with Crippen molar-refractivity contribution < 1.29 is 20.1 Å². The van der Waals surface area contributed by atoms with Crippen LogP contribution in [0.5, 0.6) is 5.75 Å². The monoisotopic (exact) mass is 238 g/mol. The van der Waals surface area contributed by atoms with Gasteiger partial charge < -0.3 is 20.1 Å². The first kappa shape index (κ1) is 12.4. The second-order valence-electron chi connectivity index (χ2n) is 5.07. The number of hydrogen-bond donors (Lipinski definition) is 3. The molecule has 3 atom stereocenters. The summed E-state index contributed by atoms with van der Waals surface area (Å²) in [7, 11) is 0. The average Bonchev–Trinajstić information content (AvgIpc) is 2.25. The first-order valence-corrected chi connectivity index (χ1v) is 5.70. The first-order chi connectivity index (χ1) is 7.83. The maximum atomic E-state index is 10.1. The van der Waals surface area contributed by atoms with E-state index in [1.807, 2.05) is 0 Å². The molecule has 4 nitrogen and oxygen atoms in total. The maximum Gasteiger partial charge on any atom is 0.132 e. The van der Waals surface area contributed by atoms with Crippen LogP contribution in [0.4, 0.5) is 0 Å². The second kappa shape index (κ2) is 3.98. The van der Waals surface area contributed by atoms with Crippen molar-refractivity contribution in [1.29, 1.82) is 0 Å². The first-order valence-electron chi connectivity index (χ1n) is 5.70. The fraction of sp³-hybridized carbons (Fsp3) is 0.538. The zero-order valence-electron chi connectivity index (χ0n) is 10.2. The lowest BCUT2D eigenvalue weighted by Gasteiger charge is -2.40. The molecule has 2 rings (SSSR count). The van der Waals surface area contributed by atoms with Crippen molar-refractivity contribution in [3.8, 4) is 5.75 Å². The molecule has 0 radical (unpaired) electrons. The third-order valence-electron chi connectivity index (χ3n) is 3.22. The minimum Gasteiger partial charge on any atom is -0.485 e. The van der Waals surface area contributed by atoms with Crippen LogP contribution in [0.2, 0.25) is 0 Å². The molecule has 17 heavy (non-hydrogen) atoms. The van der Waals surface area contributed by atoms with E-state index < -0.39 is 23.9 Å².